The van der Waals surface area contributed by atoms with Gasteiger partial charge in [-0.15, -0.1) is 0 Å². The Morgan fingerprint density at radius 3 is 2.48 bits per heavy atom. The van der Waals surface area contributed by atoms with Crippen molar-refractivity contribution >= 4 is 18.1 Å². The van der Waals surface area contributed by atoms with Crippen LogP contribution in [0.5, 0.6) is 0 Å². The van der Waals surface area contributed by atoms with E-state index in [0.29, 0.717) is 0 Å². The summed E-state index contributed by atoms with van der Waals surface area (Å²) in [6.45, 7) is 5.49. The number of rotatable bonds is 4. The molecule has 6 heteroatoms. The monoisotopic (exact) mass is 345 g/mol. The molecule has 2 N–H and O–H groups in total. The first-order valence-corrected chi connectivity index (χ1v) is 8.71. The summed E-state index contributed by atoms with van der Waals surface area (Å²) < 4.78 is 5.32. The lowest BCUT2D eigenvalue weighted by Gasteiger charge is -2.33. The highest BCUT2D eigenvalue weighted by molar-refractivity contribution is 5.91. The van der Waals surface area contributed by atoms with Crippen molar-refractivity contribution in [3.8, 4) is 0 Å². The zero-order chi connectivity index (χ0) is 18.3. The zero-order valence-electron chi connectivity index (χ0n) is 15.1. The van der Waals surface area contributed by atoms with Gasteiger partial charge in [0.15, 0.2) is 0 Å². The minimum atomic E-state index is -0.538. The number of hydrogen-bond acceptors (Lipinski definition) is 4. The molecule has 25 heavy (non-hydrogen) atoms. The summed E-state index contributed by atoms with van der Waals surface area (Å²) in [5.74, 6) is -0.174. The van der Waals surface area contributed by atoms with Gasteiger partial charge in [0.2, 0.25) is 5.91 Å². The van der Waals surface area contributed by atoms with Gasteiger partial charge in [0.05, 0.1) is 6.04 Å². The first-order chi connectivity index (χ1) is 11.8. The fourth-order valence-electron chi connectivity index (χ4n) is 2.81. The van der Waals surface area contributed by atoms with Crippen molar-refractivity contribution in [2.75, 3.05) is 0 Å². The van der Waals surface area contributed by atoms with Crippen LogP contribution in [-0.2, 0) is 9.53 Å². The average molecular weight is 345 g/mol. The van der Waals surface area contributed by atoms with Gasteiger partial charge in [-0.3, -0.25) is 9.78 Å². The molecule has 0 spiro atoms. The zero-order valence-corrected chi connectivity index (χ0v) is 15.1. The third-order valence-electron chi connectivity index (χ3n) is 3.91. The van der Waals surface area contributed by atoms with Crippen LogP contribution in [-0.4, -0.2) is 34.7 Å². The van der Waals surface area contributed by atoms with Gasteiger partial charge in [0.25, 0.3) is 0 Å². The predicted octanol–water partition coefficient (Wildman–Crippen LogP) is 3.05. The van der Waals surface area contributed by atoms with Crippen molar-refractivity contribution < 1.29 is 14.3 Å². The molecule has 2 atom stereocenters. The quantitative estimate of drug-likeness (QED) is 0.822. The van der Waals surface area contributed by atoms with Crippen LogP contribution in [0.2, 0.25) is 0 Å². The third-order valence-corrected chi connectivity index (χ3v) is 3.91. The third kappa shape index (κ3) is 6.95. The predicted molar refractivity (Wildman–Crippen MR) is 96.8 cm³/mol. The molecule has 1 heterocycles. The number of hydrogen-bond donors (Lipinski definition) is 2. The molecule has 1 saturated carbocycles. The summed E-state index contributed by atoms with van der Waals surface area (Å²) in [7, 11) is 0. The van der Waals surface area contributed by atoms with Gasteiger partial charge in [0, 0.05) is 24.5 Å². The Labute approximate surface area is 149 Å². The Morgan fingerprint density at radius 2 is 1.88 bits per heavy atom. The lowest BCUT2D eigenvalue weighted by Crippen LogP contribution is -2.53. The first kappa shape index (κ1) is 19.0. The molecule has 2 amide bonds. The molecule has 0 bridgehead atoms. The van der Waals surface area contributed by atoms with Gasteiger partial charge < -0.3 is 15.4 Å². The second-order valence-electron chi connectivity index (χ2n) is 7.27. The van der Waals surface area contributed by atoms with E-state index in [4.69, 9.17) is 4.74 Å². The maximum Gasteiger partial charge on any atom is 0.407 e. The highest BCUT2D eigenvalue weighted by Crippen LogP contribution is 2.19. The number of pyridine rings is 1. The molecule has 1 aromatic heterocycles. The van der Waals surface area contributed by atoms with Crippen LogP contribution < -0.4 is 10.6 Å². The molecule has 0 saturated heterocycles. The second kappa shape index (κ2) is 8.65. The molecule has 136 valence electrons. The van der Waals surface area contributed by atoms with Crippen molar-refractivity contribution in [3.05, 3.63) is 36.2 Å². The highest BCUT2D eigenvalue weighted by atomic mass is 16.6. The van der Waals surface area contributed by atoms with Gasteiger partial charge in [-0.05, 0) is 51.3 Å². The van der Waals surface area contributed by atoms with Crippen molar-refractivity contribution in [3.63, 3.8) is 0 Å². The van der Waals surface area contributed by atoms with Crippen molar-refractivity contribution in [2.24, 2.45) is 0 Å². The van der Waals surface area contributed by atoms with E-state index >= 15 is 0 Å². The molecule has 1 aliphatic rings. The molecule has 0 aliphatic heterocycles. The SMILES string of the molecule is CC(C)(C)OC(=O)N[C@@H]1CCCC[C@@H]1NC(=O)/C=C\c1cccnc1. The van der Waals surface area contributed by atoms with Crippen LogP contribution in [0, 0.1) is 0 Å². The molecule has 0 aromatic carbocycles. The van der Waals surface area contributed by atoms with Crippen LogP contribution in [0.3, 0.4) is 0 Å². The van der Waals surface area contributed by atoms with E-state index in [1.165, 1.54) is 6.08 Å². The van der Waals surface area contributed by atoms with Crippen LogP contribution in [0.15, 0.2) is 30.6 Å². The Bertz CT molecular complexity index is 608. The van der Waals surface area contributed by atoms with Crippen molar-refractivity contribution in [1.82, 2.24) is 15.6 Å². The van der Waals surface area contributed by atoms with Crippen LogP contribution in [0.4, 0.5) is 4.79 Å². The number of ether oxygens (including phenoxy) is 1. The molecular formula is C19H27N3O3. The molecule has 1 fully saturated rings. The summed E-state index contributed by atoms with van der Waals surface area (Å²) in [5, 5.41) is 5.89. The molecule has 1 aliphatic carbocycles. The van der Waals surface area contributed by atoms with E-state index in [9.17, 15) is 9.59 Å². The maximum atomic E-state index is 12.2. The molecule has 1 aromatic rings. The number of carbonyl (C=O) groups is 2. The van der Waals surface area contributed by atoms with Crippen LogP contribution in [0.25, 0.3) is 6.08 Å². The van der Waals surface area contributed by atoms with Crippen molar-refractivity contribution in [1.29, 1.82) is 0 Å². The van der Waals surface area contributed by atoms with Crippen molar-refractivity contribution in [2.45, 2.75) is 64.1 Å². The van der Waals surface area contributed by atoms with E-state index in [0.717, 1.165) is 31.2 Å². The van der Waals surface area contributed by atoms with Crippen LogP contribution >= 0.6 is 0 Å². The molecule has 0 unspecified atom stereocenters. The number of nitrogens with zero attached hydrogens (tertiary/aromatic N) is 1. The van der Waals surface area contributed by atoms with Gasteiger partial charge in [-0.2, -0.15) is 0 Å². The molecule has 0 radical (unpaired) electrons. The smallest absolute Gasteiger partial charge is 0.407 e. The Hall–Kier alpha value is -2.37. The topological polar surface area (TPSA) is 80.3 Å². The second-order valence-corrected chi connectivity index (χ2v) is 7.27. The van der Waals surface area contributed by atoms with Gasteiger partial charge >= 0.3 is 6.09 Å². The lowest BCUT2D eigenvalue weighted by atomic mass is 9.90. The summed E-state index contributed by atoms with van der Waals surface area (Å²) in [6.07, 6.45) is 9.89. The lowest BCUT2D eigenvalue weighted by molar-refractivity contribution is -0.117. The maximum absolute atomic E-state index is 12.2. The van der Waals surface area contributed by atoms with Gasteiger partial charge in [-0.25, -0.2) is 4.79 Å². The Kier molecular flexibility index (Phi) is 6.56. The molecule has 2 rings (SSSR count). The van der Waals surface area contributed by atoms with E-state index in [2.05, 4.69) is 15.6 Å². The van der Waals surface area contributed by atoms with Gasteiger partial charge in [-0.1, -0.05) is 18.9 Å². The fourth-order valence-corrected chi connectivity index (χ4v) is 2.81. The highest BCUT2D eigenvalue weighted by Gasteiger charge is 2.29. The van der Waals surface area contributed by atoms with E-state index in [1.807, 2.05) is 32.9 Å². The standard InChI is InChI=1S/C19H27N3O3/c1-19(2,3)25-18(24)22-16-9-5-4-8-15(16)21-17(23)11-10-14-7-6-12-20-13-14/h6-7,10-13,15-16H,4-5,8-9H2,1-3H3,(H,21,23)(H,22,24)/b11-10-/t15-,16+/m0/s1. The number of nitrogens with one attached hydrogen (secondary N) is 2. The summed E-state index contributed by atoms with van der Waals surface area (Å²) in [4.78, 5) is 28.2. The summed E-state index contributed by atoms with van der Waals surface area (Å²) in [6, 6.07) is 3.50. The van der Waals surface area contributed by atoms with E-state index in [-0.39, 0.29) is 18.0 Å². The summed E-state index contributed by atoms with van der Waals surface area (Å²) in [5.41, 5.74) is 0.328. The van der Waals surface area contributed by atoms with E-state index < -0.39 is 11.7 Å². The molecular weight excluding hydrogens is 318 g/mol. The number of aromatic nitrogens is 1. The van der Waals surface area contributed by atoms with Gasteiger partial charge in [0.1, 0.15) is 5.60 Å². The average Bonchev–Trinajstić information content (AvgIpc) is 2.54. The summed E-state index contributed by atoms with van der Waals surface area (Å²) >= 11 is 0. The minimum Gasteiger partial charge on any atom is -0.444 e. The largest absolute Gasteiger partial charge is 0.444 e. The van der Waals surface area contributed by atoms with Crippen LogP contribution in [0.1, 0.15) is 52.0 Å². The van der Waals surface area contributed by atoms with E-state index in [1.54, 1.807) is 18.5 Å². The fraction of sp³-hybridized carbons (Fsp3) is 0.526. The number of amides is 2. The Balaban J connectivity index is 1.90. The minimum absolute atomic E-state index is 0.0904. The normalized spacial score (nSPS) is 20.9. The first-order valence-electron chi connectivity index (χ1n) is 8.71. The Morgan fingerprint density at radius 1 is 1.20 bits per heavy atom. The molecule has 6 nitrogen and oxygen atoms in total. The number of alkyl carbamates (subject to hydrolysis) is 1. The number of carbonyl (C=O) groups excluding carboxylic acids is 2.